The van der Waals surface area contributed by atoms with Gasteiger partial charge in [-0.15, -0.1) is 0 Å². The summed E-state index contributed by atoms with van der Waals surface area (Å²) in [7, 11) is 3.92. The highest BCUT2D eigenvalue weighted by Crippen LogP contribution is 2.29. The fraction of sp³-hybridized carbons (Fsp3) is 0.500. The van der Waals surface area contributed by atoms with Crippen molar-refractivity contribution in [3.8, 4) is 11.4 Å². The van der Waals surface area contributed by atoms with Crippen LogP contribution in [0, 0.1) is 5.41 Å². The minimum atomic E-state index is -0.154. The maximum atomic E-state index is 12.3. The number of hydrogen-bond acceptors (Lipinski definition) is 5. The highest BCUT2D eigenvalue weighted by molar-refractivity contribution is 6.33. The van der Waals surface area contributed by atoms with Gasteiger partial charge in [0.05, 0.1) is 11.6 Å². The highest BCUT2D eigenvalue weighted by Gasteiger charge is 2.34. The zero-order valence-corrected chi connectivity index (χ0v) is 16.1. The predicted molar refractivity (Wildman–Crippen MR) is 99.8 cm³/mol. The summed E-state index contributed by atoms with van der Waals surface area (Å²) in [6, 6.07) is 7.13. The molecule has 0 aliphatic carbocycles. The molecule has 1 aliphatic rings. The Kier molecular flexibility index (Phi) is 5.48. The molecule has 1 atom stereocenters. The topological polar surface area (TPSA) is 74.5 Å². The van der Waals surface area contributed by atoms with Crippen molar-refractivity contribution in [1.82, 2.24) is 25.3 Å². The van der Waals surface area contributed by atoms with E-state index in [0.29, 0.717) is 28.8 Å². The van der Waals surface area contributed by atoms with Gasteiger partial charge in [0.25, 0.3) is 0 Å². The largest absolute Gasteiger partial charge is 0.337 e. The molecule has 0 bridgehead atoms. The van der Waals surface area contributed by atoms with E-state index in [9.17, 15) is 4.79 Å². The number of carbonyl (C=O) groups is 1. The van der Waals surface area contributed by atoms with Crippen LogP contribution in [0.5, 0.6) is 0 Å². The second-order valence-electron chi connectivity index (χ2n) is 7.30. The molecular formula is C18H24ClN5O2. The quantitative estimate of drug-likeness (QED) is 0.867. The maximum absolute atomic E-state index is 12.3. The first-order valence-corrected chi connectivity index (χ1v) is 8.99. The number of benzene rings is 1. The van der Waals surface area contributed by atoms with Crippen LogP contribution in [0.1, 0.15) is 19.2 Å². The molecule has 1 fully saturated rings. The second kappa shape index (κ2) is 7.63. The third kappa shape index (κ3) is 4.34. The number of likely N-dealkylation sites (tertiary alicyclic amines) is 1. The van der Waals surface area contributed by atoms with Crippen LogP contribution in [0.2, 0.25) is 5.02 Å². The number of carbonyl (C=O) groups excluding carboxylic acids is 1. The molecule has 2 amide bonds. The van der Waals surface area contributed by atoms with Crippen LogP contribution in [0.4, 0.5) is 4.79 Å². The van der Waals surface area contributed by atoms with E-state index >= 15 is 0 Å². The molecule has 1 aliphatic heterocycles. The van der Waals surface area contributed by atoms with Crippen molar-refractivity contribution in [2.75, 3.05) is 33.7 Å². The van der Waals surface area contributed by atoms with E-state index < -0.39 is 0 Å². The number of nitrogens with one attached hydrogen (secondary N) is 1. The number of rotatable bonds is 5. The smallest absolute Gasteiger partial charge is 0.317 e. The Morgan fingerprint density at radius 1 is 1.46 bits per heavy atom. The molecule has 1 N–H and O–H groups in total. The first-order chi connectivity index (χ1) is 12.4. The summed E-state index contributed by atoms with van der Waals surface area (Å²) < 4.78 is 5.21. The third-order valence-electron chi connectivity index (χ3n) is 4.69. The lowest BCUT2D eigenvalue weighted by Crippen LogP contribution is -2.43. The number of halogens is 1. The molecule has 1 unspecified atom stereocenters. The van der Waals surface area contributed by atoms with Crippen LogP contribution in [-0.4, -0.2) is 59.7 Å². The molecule has 0 saturated carbocycles. The van der Waals surface area contributed by atoms with Crippen molar-refractivity contribution in [2.45, 2.75) is 19.9 Å². The van der Waals surface area contributed by atoms with Crippen molar-refractivity contribution in [1.29, 1.82) is 0 Å². The van der Waals surface area contributed by atoms with Gasteiger partial charge in [-0.3, -0.25) is 0 Å². The summed E-state index contributed by atoms with van der Waals surface area (Å²) in [5.41, 5.74) is 0.827. The van der Waals surface area contributed by atoms with Crippen LogP contribution in [0.15, 0.2) is 28.8 Å². The molecule has 26 heavy (non-hydrogen) atoms. The molecular weight excluding hydrogens is 354 g/mol. The van der Waals surface area contributed by atoms with E-state index in [1.54, 1.807) is 11.0 Å². The minimum Gasteiger partial charge on any atom is -0.337 e. The Labute approximate surface area is 158 Å². The van der Waals surface area contributed by atoms with Gasteiger partial charge in [0.1, 0.15) is 0 Å². The third-order valence-corrected chi connectivity index (χ3v) is 5.02. The van der Waals surface area contributed by atoms with Crippen molar-refractivity contribution in [3.63, 3.8) is 0 Å². The molecule has 1 saturated heterocycles. The molecule has 3 rings (SSSR count). The Balaban J connectivity index is 1.54. The standard InChI is InChI=1S/C18H24ClN5O2/c1-18(8-9-23(2)11-18)12-24(3)17(25)20-10-15-21-16(22-26-15)13-6-4-5-7-14(13)19/h4-7H,8-12H2,1-3H3,(H,20,25). The number of hydrogen-bond donors (Lipinski definition) is 1. The Bertz CT molecular complexity index is 780. The summed E-state index contributed by atoms with van der Waals surface area (Å²) in [6.45, 7) is 5.16. The normalized spacial score (nSPS) is 20.3. The van der Waals surface area contributed by atoms with Crippen molar-refractivity contribution in [2.24, 2.45) is 5.41 Å². The second-order valence-corrected chi connectivity index (χ2v) is 7.71. The molecule has 1 aromatic heterocycles. The highest BCUT2D eigenvalue weighted by atomic mass is 35.5. The van der Waals surface area contributed by atoms with Crippen LogP contribution in [-0.2, 0) is 6.54 Å². The first kappa shape index (κ1) is 18.7. The van der Waals surface area contributed by atoms with Gasteiger partial charge in [-0.1, -0.05) is 35.8 Å². The average molecular weight is 378 g/mol. The van der Waals surface area contributed by atoms with Gasteiger partial charge in [-0.25, -0.2) is 4.79 Å². The van der Waals surface area contributed by atoms with Crippen molar-refractivity contribution >= 4 is 17.6 Å². The predicted octanol–water partition coefficient (Wildman–Crippen LogP) is 2.87. The number of urea groups is 1. The molecule has 0 spiro atoms. The average Bonchev–Trinajstić information content (AvgIpc) is 3.19. The zero-order valence-electron chi connectivity index (χ0n) is 15.3. The fourth-order valence-corrected chi connectivity index (χ4v) is 3.63. The summed E-state index contributed by atoms with van der Waals surface area (Å²) in [5.74, 6) is 0.753. The van der Waals surface area contributed by atoms with E-state index in [-0.39, 0.29) is 18.0 Å². The summed E-state index contributed by atoms with van der Waals surface area (Å²) >= 11 is 6.14. The van der Waals surface area contributed by atoms with Gasteiger partial charge in [0.2, 0.25) is 11.7 Å². The Morgan fingerprint density at radius 2 is 2.23 bits per heavy atom. The lowest BCUT2D eigenvalue weighted by molar-refractivity contribution is 0.176. The van der Waals surface area contributed by atoms with E-state index in [0.717, 1.165) is 19.5 Å². The monoisotopic (exact) mass is 377 g/mol. The molecule has 2 aromatic rings. The molecule has 0 radical (unpaired) electrons. The molecule has 8 heteroatoms. The zero-order chi connectivity index (χ0) is 18.7. The molecule has 7 nitrogen and oxygen atoms in total. The summed E-state index contributed by atoms with van der Waals surface area (Å²) in [4.78, 5) is 20.7. The van der Waals surface area contributed by atoms with E-state index in [1.165, 1.54) is 0 Å². The summed E-state index contributed by atoms with van der Waals surface area (Å²) in [5, 5.41) is 7.31. The maximum Gasteiger partial charge on any atom is 0.317 e. The number of amides is 2. The van der Waals surface area contributed by atoms with Crippen LogP contribution in [0.25, 0.3) is 11.4 Å². The van der Waals surface area contributed by atoms with Crippen molar-refractivity contribution < 1.29 is 9.32 Å². The van der Waals surface area contributed by atoms with Gasteiger partial charge >= 0.3 is 6.03 Å². The van der Waals surface area contributed by atoms with Gasteiger partial charge < -0.3 is 19.6 Å². The first-order valence-electron chi connectivity index (χ1n) is 8.61. The molecule has 1 aromatic carbocycles. The van der Waals surface area contributed by atoms with Gasteiger partial charge in [-0.05, 0) is 37.6 Å². The lowest BCUT2D eigenvalue weighted by atomic mass is 9.89. The van der Waals surface area contributed by atoms with E-state index in [4.69, 9.17) is 16.1 Å². The molecule has 140 valence electrons. The summed E-state index contributed by atoms with van der Waals surface area (Å²) in [6.07, 6.45) is 1.09. The van der Waals surface area contributed by atoms with Crippen molar-refractivity contribution in [3.05, 3.63) is 35.2 Å². The lowest BCUT2D eigenvalue weighted by Gasteiger charge is -2.29. The number of nitrogens with zero attached hydrogens (tertiary/aromatic N) is 4. The fourth-order valence-electron chi connectivity index (χ4n) is 3.41. The SMILES string of the molecule is CN1CCC(C)(CN(C)C(=O)NCc2nc(-c3ccccc3Cl)no2)C1. The van der Waals surface area contributed by atoms with E-state index in [1.807, 2.05) is 25.2 Å². The molecule has 2 heterocycles. The van der Waals surface area contributed by atoms with E-state index in [2.05, 4.69) is 34.3 Å². The number of aromatic nitrogens is 2. The Hall–Kier alpha value is -2.12. The van der Waals surface area contributed by atoms with Crippen LogP contribution >= 0.6 is 11.6 Å². The van der Waals surface area contributed by atoms with Gasteiger partial charge in [-0.2, -0.15) is 4.98 Å². The van der Waals surface area contributed by atoms with Gasteiger partial charge in [0.15, 0.2) is 0 Å². The van der Waals surface area contributed by atoms with Crippen LogP contribution < -0.4 is 5.32 Å². The van der Waals surface area contributed by atoms with Gasteiger partial charge in [0, 0.05) is 25.7 Å². The Morgan fingerprint density at radius 3 is 2.92 bits per heavy atom. The van der Waals surface area contributed by atoms with Crippen LogP contribution in [0.3, 0.4) is 0 Å². The minimum absolute atomic E-state index is 0.128.